The predicted octanol–water partition coefficient (Wildman–Crippen LogP) is 11.3. The number of rotatable bonds is 8. The quantitative estimate of drug-likeness (QED) is 0.0814. The molecule has 290 valence electrons. The maximum atomic E-state index is 4.11. The van der Waals surface area contributed by atoms with Crippen LogP contribution in [0.4, 0.5) is 0 Å². The van der Waals surface area contributed by atoms with Crippen LogP contribution in [-0.2, 0) is 5.41 Å². The second-order valence-electron chi connectivity index (χ2n) is 21.4. The van der Waals surface area contributed by atoms with Crippen LogP contribution in [0, 0.1) is 29.6 Å². The normalized spacial score (nSPS) is 31.7. The monoisotopic (exact) mass is 818 g/mol. The number of benzene rings is 6. The maximum absolute atomic E-state index is 4.11. The van der Waals surface area contributed by atoms with Gasteiger partial charge in [0.05, 0.1) is 17.6 Å². The van der Waals surface area contributed by atoms with E-state index in [2.05, 4.69) is 129 Å². The van der Waals surface area contributed by atoms with Gasteiger partial charge in [-0.1, -0.05) is 158 Å². The molecule has 8 aromatic rings. The van der Waals surface area contributed by atoms with Crippen LogP contribution in [0.3, 0.4) is 0 Å². The number of hydrogen-bond donors (Lipinski definition) is 0. The molecule has 0 N–H and O–H groups in total. The lowest BCUT2D eigenvalue weighted by Gasteiger charge is -2.45. The van der Waals surface area contributed by atoms with E-state index >= 15 is 0 Å². The van der Waals surface area contributed by atoms with E-state index < -0.39 is 17.6 Å². The molecule has 1 saturated carbocycles. The van der Waals surface area contributed by atoms with Gasteiger partial charge in [-0.05, 0) is 150 Å². The molecule has 8 aromatic carbocycles. The number of allylic oxidation sites excluding steroid dienone is 7. The molecule has 0 heterocycles. The van der Waals surface area contributed by atoms with Crippen molar-refractivity contribution in [3.63, 3.8) is 0 Å². The van der Waals surface area contributed by atoms with E-state index in [1.54, 1.807) is 103 Å². The average Bonchev–Trinajstić information content (AvgIpc) is 4.13. The molecule has 2 heteroatoms. The third-order valence-electron chi connectivity index (χ3n) is 19.5. The Morgan fingerprint density at radius 1 is 0.581 bits per heavy atom. The molecular formula is C60H42Si2. The SMILES string of the molecule is C=Cc1ccc([Si](C)CC2=CC3(C[Si](C)c4ccc(C=C)cc4)c4c5c6c7c8c(c9ccc%10c%11c%12c%13c%14c(c4=C4C%15C=%14C%14C(C=CC%10C%12%14)C%15C=CC43)c6c%13c8c9%11)C=CC7C25)cc1. The second-order valence-corrected chi connectivity index (χ2v) is 26.4. The van der Waals surface area contributed by atoms with Crippen molar-refractivity contribution in [2.75, 3.05) is 0 Å². The molecule has 62 heavy (non-hydrogen) atoms. The molecule has 0 nitrogen and oxygen atoms in total. The van der Waals surface area contributed by atoms with Crippen LogP contribution in [-0.4, -0.2) is 17.6 Å². The van der Waals surface area contributed by atoms with Gasteiger partial charge in [-0.2, -0.15) is 0 Å². The molecule has 10 atom stereocenters. The van der Waals surface area contributed by atoms with E-state index in [1.165, 1.54) is 34.2 Å². The van der Waals surface area contributed by atoms with Crippen molar-refractivity contribution in [2.45, 2.75) is 54.3 Å². The summed E-state index contributed by atoms with van der Waals surface area (Å²) in [6.07, 6.45) is 23.5. The van der Waals surface area contributed by atoms with Gasteiger partial charge in [0.25, 0.3) is 0 Å². The van der Waals surface area contributed by atoms with Gasteiger partial charge in [0.15, 0.2) is 0 Å². The van der Waals surface area contributed by atoms with Gasteiger partial charge in [-0.3, -0.25) is 0 Å². The fraction of sp³-hybridized carbons (Fsp3) is 0.233. The molecule has 0 amide bonds. The van der Waals surface area contributed by atoms with Crippen LogP contribution in [0.5, 0.6) is 0 Å². The summed E-state index contributed by atoms with van der Waals surface area (Å²) in [5.74, 6) is 4.57. The first-order chi connectivity index (χ1) is 30.5. The molecule has 10 aliphatic rings. The number of hydrogen-bond acceptors (Lipinski definition) is 0. The Balaban J connectivity index is 1.03. The van der Waals surface area contributed by atoms with Crippen LogP contribution in [0.2, 0.25) is 25.2 Å². The Kier molecular flexibility index (Phi) is 5.09. The van der Waals surface area contributed by atoms with Gasteiger partial charge in [-0.15, -0.1) is 0 Å². The minimum absolute atomic E-state index is 0.0453. The van der Waals surface area contributed by atoms with Crippen LogP contribution >= 0.6 is 0 Å². The second kappa shape index (κ2) is 9.81. The average molecular weight is 819 g/mol. The topological polar surface area (TPSA) is 0 Å². The fourth-order valence-corrected chi connectivity index (χ4v) is 22.0. The lowest BCUT2D eigenvalue weighted by Crippen LogP contribution is -2.43. The number of fused-ring (bicyclic) bond motifs is 5. The Morgan fingerprint density at radius 3 is 2.11 bits per heavy atom. The zero-order valence-corrected chi connectivity index (χ0v) is 37.0. The summed E-state index contributed by atoms with van der Waals surface area (Å²) in [6, 6.07) is 26.6. The standard InChI is InChI=1S/C60H42Si2/c1-5-26-7-11-29(12-8-26)61(3)24-28-23-60(25-62(4)30-13-9-27(6-2)10-14-30)38-22-21-36-34-18-17-32-31-15-16-33-35-19-20-37-39(28)57-51-46(37)44(35)49-41(33)40(31)48-42(32)43(34)50-45(36)47(38)58(59(57)60)56-54(50)52(48)53(49)55(51)56/h5-23,32,34,36-39,42-43,45H,1-2,24-25H2,3-4H3. The van der Waals surface area contributed by atoms with Crippen molar-refractivity contribution in [1.29, 1.82) is 0 Å². The molecule has 1 fully saturated rings. The molecular weight excluding hydrogens is 777 g/mol. The fourth-order valence-electron chi connectivity index (χ4n) is 17.8. The zero-order valence-electron chi connectivity index (χ0n) is 35.0. The summed E-state index contributed by atoms with van der Waals surface area (Å²) in [7, 11) is -1.85. The van der Waals surface area contributed by atoms with E-state index in [0.29, 0.717) is 53.3 Å². The van der Waals surface area contributed by atoms with Crippen molar-refractivity contribution in [3.8, 4) is 0 Å². The van der Waals surface area contributed by atoms with Gasteiger partial charge < -0.3 is 0 Å². The van der Waals surface area contributed by atoms with E-state index in [9.17, 15) is 0 Å². The van der Waals surface area contributed by atoms with Crippen LogP contribution in [0.1, 0.15) is 68.2 Å². The van der Waals surface area contributed by atoms with Crippen molar-refractivity contribution in [3.05, 3.63) is 171 Å². The van der Waals surface area contributed by atoms with E-state index in [4.69, 9.17) is 0 Å². The third-order valence-corrected chi connectivity index (χ3v) is 24.2. The lowest BCUT2D eigenvalue weighted by atomic mass is 9.61. The highest BCUT2D eigenvalue weighted by atomic mass is 28.3. The first-order valence-corrected chi connectivity index (χ1v) is 27.9. The zero-order chi connectivity index (χ0) is 40.1. The van der Waals surface area contributed by atoms with Gasteiger partial charge in [0.1, 0.15) is 0 Å². The van der Waals surface area contributed by atoms with E-state index in [0.717, 1.165) is 0 Å². The smallest absolute Gasteiger partial charge is 0.0866 e. The highest BCUT2D eigenvalue weighted by Crippen LogP contribution is 2.75. The van der Waals surface area contributed by atoms with Crippen LogP contribution in [0.15, 0.2) is 116 Å². The largest absolute Gasteiger partial charge is 0.0985 e. The third kappa shape index (κ3) is 2.98. The summed E-state index contributed by atoms with van der Waals surface area (Å²) < 4.78 is 0. The van der Waals surface area contributed by atoms with Gasteiger partial charge in [-0.25, -0.2) is 0 Å². The van der Waals surface area contributed by atoms with Gasteiger partial charge in [0.2, 0.25) is 0 Å². The van der Waals surface area contributed by atoms with Gasteiger partial charge >= 0.3 is 0 Å². The van der Waals surface area contributed by atoms with Gasteiger partial charge in [0, 0.05) is 40.9 Å². The summed E-state index contributed by atoms with van der Waals surface area (Å²) in [4.78, 5) is 0. The predicted molar refractivity (Wildman–Crippen MR) is 264 cm³/mol. The van der Waals surface area contributed by atoms with Crippen molar-refractivity contribution in [1.82, 2.24) is 0 Å². The Bertz CT molecular complexity index is 3870. The Hall–Kier alpha value is -5.55. The highest BCUT2D eigenvalue weighted by molar-refractivity contribution is 6.73. The molecule has 0 spiro atoms. The first kappa shape index (κ1) is 32.2. The maximum Gasteiger partial charge on any atom is 0.0866 e. The highest BCUT2D eigenvalue weighted by Gasteiger charge is 2.65. The van der Waals surface area contributed by atoms with Crippen molar-refractivity contribution >= 4 is 111 Å². The van der Waals surface area contributed by atoms with E-state index in [-0.39, 0.29) is 5.41 Å². The molecule has 0 aromatic heterocycles. The first-order valence-electron chi connectivity index (χ1n) is 23.5. The summed E-state index contributed by atoms with van der Waals surface area (Å²) >= 11 is 0. The minimum atomic E-state index is -0.954. The molecule has 0 aliphatic heterocycles. The van der Waals surface area contributed by atoms with Crippen molar-refractivity contribution in [2.24, 2.45) is 29.6 Å². The molecule has 18 rings (SSSR count). The van der Waals surface area contributed by atoms with Crippen LogP contribution in [0.25, 0.3) is 83.2 Å². The Labute approximate surface area is 363 Å². The molecule has 2 radical (unpaired) electrons. The minimum Gasteiger partial charge on any atom is -0.0985 e. The summed E-state index contributed by atoms with van der Waals surface area (Å²) in [6.45, 7) is 13.5. The van der Waals surface area contributed by atoms with Crippen LogP contribution < -0.4 is 20.8 Å². The Morgan fingerprint density at radius 2 is 1.32 bits per heavy atom. The van der Waals surface area contributed by atoms with Crippen molar-refractivity contribution < 1.29 is 0 Å². The molecule has 10 aliphatic carbocycles. The lowest BCUT2D eigenvalue weighted by molar-refractivity contribution is 0.344. The van der Waals surface area contributed by atoms with E-state index in [1.807, 2.05) is 23.3 Å². The summed E-state index contributed by atoms with van der Waals surface area (Å²) in [5.41, 5.74) is 18.2. The molecule has 0 bridgehead atoms. The molecule has 10 unspecified atom stereocenters. The summed E-state index contributed by atoms with van der Waals surface area (Å²) in [5, 5.41) is 23.3. The molecule has 0 saturated heterocycles.